The molecule has 1 aliphatic carbocycles. The minimum absolute atomic E-state index is 0.0261. The lowest BCUT2D eigenvalue weighted by Gasteiger charge is -2.20. The van der Waals surface area contributed by atoms with Gasteiger partial charge in [0, 0.05) is 29.9 Å². The van der Waals surface area contributed by atoms with E-state index in [-0.39, 0.29) is 17.8 Å². The summed E-state index contributed by atoms with van der Waals surface area (Å²) >= 11 is 6.02. The molecule has 0 bridgehead atoms. The van der Waals surface area contributed by atoms with Crippen molar-refractivity contribution in [1.82, 2.24) is 15.0 Å². The van der Waals surface area contributed by atoms with E-state index in [0.29, 0.717) is 11.7 Å². The molecule has 1 saturated carbocycles. The molecule has 0 radical (unpaired) electrons. The quantitative estimate of drug-likeness (QED) is 0.598. The number of pyridine rings is 1. The summed E-state index contributed by atoms with van der Waals surface area (Å²) < 4.78 is 33.0. The van der Waals surface area contributed by atoms with Crippen LogP contribution >= 0.6 is 11.6 Å². The van der Waals surface area contributed by atoms with Gasteiger partial charge in [0.1, 0.15) is 11.0 Å². The first-order chi connectivity index (χ1) is 12.4. The van der Waals surface area contributed by atoms with E-state index >= 15 is 0 Å². The third kappa shape index (κ3) is 2.59. The van der Waals surface area contributed by atoms with Crippen molar-refractivity contribution in [1.29, 1.82) is 0 Å². The van der Waals surface area contributed by atoms with E-state index in [0.717, 1.165) is 24.1 Å². The summed E-state index contributed by atoms with van der Waals surface area (Å²) in [4.78, 5) is 25.1. The summed E-state index contributed by atoms with van der Waals surface area (Å²) in [5.41, 5.74) is 1.81. The zero-order valence-electron chi connectivity index (χ0n) is 13.9. The van der Waals surface area contributed by atoms with Crippen molar-refractivity contribution in [3.8, 4) is 0 Å². The standard InChI is InChI=1S/C17H15ClF2N4O2/c1-2-26-15(25)17(19,20)14-21-6-3-13(23-14)24-9-16(4-5-16)10-8-22-12(18)7-11(10)24/h3,6-8H,2,4-5,9H2,1H3. The molecule has 1 aliphatic heterocycles. The maximum atomic E-state index is 14.3. The second-order valence-corrected chi connectivity index (χ2v) is 6.81. The van der Waals surface area contributed by atoms with Gasteiger partial charge in [-0.25, -0.2) is 19.7 Å². The lowest BCUT2D eigenvalue weighted by molar-refractivity contribution is -0.174. The van der Waals surface area contributed by atoms with E-state index < -0.39 is 17.7 Å². The molecule has 6 nitrogen and oxygen atoms in total. The third-order valence-corrected chi connectivity index (χ3v) is 4.96. The molecule has 26 heavy (non-hydrogen) atoms. The third-order valence-electron chi connectivity index (χ3n) is 4.76. The zero-order chi connectivity index (χ0) is 18.5. The Balaban J connectivity index is 1.73. The van der Waals surface area contributed by atoms with Gasteiger partial charge < -0.3 is 9.64 Å². The van der Waals surface area contributed by atoms with Crippen LogP contribution in [-0.2, 0) is 20.9 Å². The maximum Gasteiger partial charge on any atom is 0.401 e. The number of ether oxygens (including phenoxy) is 1. The highest BCUT2D eigenvalue weighted by atomic mass is 35.5. The summed E-state index contributed by atoms with van der Waals surface area (Å²) in [6.45, 7) is 1.91. The predicted octanol–water partition coefficient (Wildman–Crippen LogP) is 3.36. The van der Waals surface area contributed by atoms with Crippen LogP contribution in [0.3, 0.4) is 0 Å². The van der Waals surface area contributed by atoms with Crippen molar-refractivity contribution in [2.24, 2.45) is 0 Å². The monoisotopic (exact) mass is 380 g/mol. The number of anilines is 2. The number of nitrogens with zero attached hydrogens (tertiary/aromatic N) is 4. The second-order valence-electron chi connectivity index (χ2n) is 6.42. The number of aromatic nitrogens is 3. The molecule has 136 valence electrons. The van der Waals surface area contributed by atoms with E-state index in [2.05, 4.69) is 19.7 Å². The van der Waals surface area contributed by atoms with Crippen molar-refractivity contribution in [2.45, 2.75) is 31.1 Å². The number of hydrogen-bond donors (Lipinski definition) is 0. The second kappa shape index (κ2) is 5.84. The van der Waals surface area contributed by atoms with Crippen LogP contribution in [0.1, 0.15) is 31.2 Å². The summed E-state index contributed by atoms with van der Waals surface area (Å²) in [5.74, 6) is -6.18. The van der Waals surface area contributed by atoms with Gasteiger partial charge in [0.15, 0.2) is 0 Å². The first kappa shape index (κ1) is 17.1. The fourth-order valence-corrected chi connectivity index (χ4v) is 3.42. The summed E-state index contributed by atoms with van der Waals surface area (Å²) in [5, 5.41) is 0.317. The molecule has 0 saturated heterocycles. The number of rotatable bonds is 4. The van der Waals surface area contributed by atoms with Crippen molar-refractivity contribution in [3.63, 3.8) is 0 Å². The molecule has 1 spiro atoms. The Bertz CT molecular complexity index is 889. The van der Waals surface area contributed by atoms with E-state index in [1.54, 1.807) is 12.3 Å². The molecule has 0 aromatic carbocycles. The highest BCUT2D eigenvalue weighted by Crippen LogP contribution is 2.57. The smallest absolute Gasteiger partial charge is 0.401 e. The van der Waals surface area contributed by atoms with Crippen LogP contribution < -0.4 is 4.90 Å². The van der Waals surface area contributed by atoms with Gasteiger partial charge in [0.05, 0.1) is 12.3 Å². The molecular weight excluding hydrogens is 366 g/mol. The molecular formula is C17H15ClF2N4O2. The van der Waals surface area contributed by atoms with E-state index in [9.17, 15) is 13.6 Å². The zero-order valence-corrected chi connectivity index (χ0v) is 14.6. The lowest BCUT2D eigenvalue weighted by Crippen LogP contribution is -2.31. The normalized spacial score (nSPS) is 17.3. The fraction of sp³-hybridized carbons (Fsp3) is 0.412. The van der Waals surface area contributed by atoms with Gasteiger partial charge in [0.25, 0.3) is 0 Å². The van der Waals surface area contributed by atoms with E-state index in [1.165, 1.54) is 19.2 Å². The minimum Gasteiger partial charge on any atom is -0.461 e. The molecule has 0 N–H and O–H groups in total. The number of hydrogen-bond acceptors (Lipinski definition) is 6. The molecule has 0 atom stereocenters. The Hall–Kier alpha value is -2.35. The van der Waals surface area contributed by atoms with Crippen LogP contribution in [0.25, 0.3) is 0 Å². The molecule has 0 unspecified atom stereocenters. The van der Waals surface area contributed by atoms with Gasteiger partial charge in [-0.15, -0.1) is 0 Å². The number of fused-ring (bicyclic) bond motifs is 2. The molecule has 0 amide bonds. The molecule has 2 aromatic heterocycles. The highest BCUT2D eigenvalue weighted by molar-refractivity contribution is 6.29. The Labute approximate surface area is 153 Å². The largest absolute Gasteiger partial charge is 0.461 e. The van der Waals surface area contributed by atoms with E-state index in [1.807, 2.05) is 4.90 Å². The summed E-state index contributed by atoms with van der Waals surface area (Å²) in [6, 6.07) is 3.24. The van der Waals surface area contributed by atoms with Gasteiger partial charge in [-0.3, -0.25) is 0 Å². The van der Waals surface area contributed by atoms with Crippen LogP contribution in [0.2, 0.25) is 5.15 Å². The van der Waals surface area contributed by atoms with Gasteiger partial charge >= 0.3 is 11.9 Å². The Morgan fingerprint density at radius 1 is 1.42 bits per heavy atom. The van der Waals surface area contributed by atoms with Crippen LogP contribution in [-0.4, -0.2) is 34.1 Å². The lowest BCUT2D eigenvalue weighted by atomic mass is 10.0. The molecule has 2 aromatic rings. The molecule has 2 aliphatic rings. The average molecular weight is 381 g/mol. The predicted molar refractivity (Wildman–Crippen MR) is 89.7 cm³/mol. The molecule has 9 heteroatoms. The molecule has 3 heterocycles. The number of esters is 1. The molecule has 4 rings (SSSR count). The van der Waals surface area contributed by atoms with Gasteiger partial charge in [-0.05, 0) is 31.9 Å². The van der Waals surface area contributed by atoms with Gasteiger partial charge in [0.2, 0.25) is 5.82 Å². The average Bonchev–Trinajstić information content (AvgIpc) is 3.33. The SMILES string of the molecule is CCOC(=O)C(F)(F)c1nccc(N2CC3(CC3)c3cnc(Cl)cc32)n1. The summed E-state index contributed by atoms with van der Waals surface area (Å²) in [7, 11) is 0. The number of carbonyl (C=O) groups excluding carboxylic acids is 1. The molecule has 1 fully saturated rings. The Morgan fingerprint density at radius 3 is 2.88 bits per heavy atom. The first-order valence-electron chi connectivity index (χ1n) is 8.19. The number of carbonyl (C=O) groups is 1. The fourth-order valence-electron chi connectivity index (χ4n) is 3.27. The van der Waals surface area contributed by atoms with Crippen molar-refractivity contribution >= 4 is 29.1 Å². The minimum atomic E-state index is -3.91. The van der Waals surface area contributed by atoms with Crippen LogP contribution in [0, 0.1) is 0 Å². The Morgan fingerprint density at radius 2 is 2.19 bits per heavy atom. The number of halogens is 3. The maximum absolute atomic E-state index is 14.3. The van der Waals surface area contributed by atoms with E-state index in [4.69, 9.17) is 11.6 Å². The first-order valence-corrected chi connectivity index (χ1v) is 8.57. The topological polar surface area (TPSA) is 68.2 Å². The highest BCUT2D eigenvalue weighted by Gasteiger charge is 2.53. The van der Waals surface area contributed by atoms with Crippen molar-refractivity contribution in [3.05, 3.63) is 41.1 Å². The van der Waals surface area contributed by atoms with Crippen molar-refractivity contribution in [2.75, 3.05) is 18.1 Å². The van der Waals surface area contributed by atoms with Crippen molar-refractivity contribution < 1.29 is 18.3 Å². The van der Waals surface area contributed by atoms with Crippen LogP contribution in [0.5, 0.6) is 0 Å². The van der Waals surface area contributed by atoms with Crippen LogP contribution in [0.4, 0.5) is 20.3 Å². The number of alkyl halides is 2. The van der Waals surface area contributed by atoms with Crippen LogP contribution in [0.15, 0.2) is 24.5 Å². The Kier molecular flexibility index (Phi) is 3.83. The summed E-state index contributed by atoms with van der Waals surface area (Å²) in [6.07, 6.45) is 4.94. The van der Waals surface area contributed by atoms with Gasteiger partial charge in [-0.2, -0.15) is 8.78 Å². The van der Waals surface area contributed by atoms with Gasteiger partial charge in [-0.1, -0.05) is 11.6 Å².